The van der Waals surface area contributed by atoms with Gasteiger partial charge in [0.2, 0.25) is 0 Å². The zero-order chi connectivity index (χ0) is 6.69. The van der Waals surface area contributed by atoms with Crippen LogP contribution in [0.4, 0.5) is 0 Å². The van der Waals surface area contributed by atoms with E-state index >= 15 is 0 Å². The first-order chi connectivity index (χ1) is 4.33. The van der Waals surface area contributed by atoms with E-state index in [-0.39, 0.29) is 6.10 Å². The van der Waals surface area contributed by atoms with Crippen LogP contribution < -0.4 is 5.32 Å². The smallest absolute Gasteiger partial charge is 0.0838 e. The van der Waals surface area contributed by atoms with E-state index in [1.54, 1.807) is 0 Å². The molecule has 9 heavy (non-hydrogen) atoms. The quantitative estimate of drug-likeness (QED) is 0.552. The lowest BCUT2D eigenvalue weighted by molar-refractivity contribution is -0.0148. The van der Waals surface area contributed by atoms with Gasteiger partial charge in [0.1, 0.15) is 0 Å². The Morgan fingerprint density at radius 1 is 1.67 bits per heavy atom. The second-order valence-corrected chi connectivity index (χ2v) is 2.69. The number of halogens is 1. The highest BCUT2D eigenvalue weighted by Gasteiger charge is 2.16. The molecule has 1 heterocycles. The topological polar surface area (TPSA) is 21.3 Å². The number of alkyl halides is 1. The van der Waals surface area contributed by atoms with Crippen molar-refractivity contribution >= 4 is 11.6 Å². The summed E-state index contributed by atoms with van der Waals surface area (Å²) in [5.74, 6) is 0.595. The first-order valence-electron chi connectivity index (χ1n) is 3.25. The van der Waals surface area contributed by atoms with Crippen molar-refractivity contribution in [1.82, 2.24) is 5.32 Å². The minimum atomic E-state index is 0.218. The molecular formula is C6H12ClNO. The molecular weight excluding hydrogens is 138 g/mol. The Balaban J connectivity index is 2.23. The molecule has 1 aliphatic rings. The Hall–Kier alpha value is 0.210. The highest BCUT2D eigenvalue weighted by Crippen LogP contribution is 2.03. The van der Waals surface area contributed by atoms with Crippen molar-refractivity contribution in [3.05, 3.63) is 0 Å². The van der Waals surface area contributed by atoms with E-state index in [1.807, 2.05) is 6.92 Å². The van der Waals surface area contributed by atoms with Gasteiger partial charge in [-0.2, -0.15) is 0 Å². The molecule has 0 aliphatic carbocycles. The van der Waals surface area contributed by atoms with Gasteiger partial charge in [0.05, 0.1) is 12.2 Å². The fourth-order valence-electron chi connectivity index (χ4n) is 0.963. The second-order valence-electron chi connectivity index (χ2n) is 2.38. The molecule has 0 amide bonds. The average molecular weight is 150 g/mol. The predicted molar refractivity (Wildman–Crippen MR) is 37.9 cm³/mol. The molecule has 54 valence electrons. The van der Waals surface area contributed by atoms with Gasteiger partial charge < -0.3 is 10.1 Å². The number of hydrogen-bond acceptors (Lipinski definition) is 2. The van der Waals surface area contributed by atoms with Gasteiger partial charge in [-0.05, 0) is 6.92 Å². The van der Waals surface area contributed by atoms with Crippen LogP contribution >= 0.6 is 11.6 Å². The Kier molecular flexibility index (Phi) is 2.76. The lowest BCUT2D eigenvalue weighted by Gasteiger charge is -2.26. The molecule has 0 saturated carbocycles. The summed E-state index contributed by atoms with van der Waals surface area (Å²) in [6.07, 6.45) is 0.540. The van der Waals surface area contributed by atoms with Crippen LogP contribution in [-0.4, -0.2) is 31.2 Å². The van der Waals surface area contributed by atoms with Crippen molar-refractivity contribution in [2.24, 2.45) is 0 Å². The minimum absolute atomic E-state index is 0.218. The Morgan fingerprint density at radius 2 is 2.44 bits per heavy atom. The average Bonchev–Trinajstić information content (AvgIpc) is 1.88. The van der Waals surface area contributed by atoms with Crippen molar-refractivity contribution < 1.29 is 4.74 Å². The molecule has 0 spiro atoms. The number of rotatable bonds is 1. The fraction of sp³-hybridized carbons (Fsp3) is 1.00. The van der Waals surface area contributed by atoms with Gasteiger partial charge in [0.25, 0.3) is 0 Å². The molecule has 0 aromatic rings. The maximum absolute atomic E-state index is 5.58. The van der Waals surface area contributed by atoms with Crippen LogP contribution in [0, 0.1) is 0 Å². The van der Waals surface area contributed by atoms with Crippen molar-refractivity contribution in [3.8, 4) is 0 Å². The summed E-state index contributed by atoms with van der Waals surface area (Å²) >= 11 is 5.58. The maximum Gasteiger partial charge on any atom is 0.0838 e. The van der Waals surface area contributed by atoms with Gasteiger partial charge in [-0.15, -0.1) is 11.6 Å². The van der Waals surface area contributed by atoms with E-state index in [0.29, 0.717) is 12.0 Å². The van der Waals surface area contributed by atoms with E-state index in [0.717, 1.165) is 13.1 Å². The molecule has 0 aromatic carbocycles. The normalized spacial score (nSPS) is 36.7. The Morgan fingerprint density at radius 3 is 2.89 bits per heavy atom. The minimum Gasteiger partial charge on any atom is -0.371 e. The van der Waals surface area contributed by atoms with Gasteiger partial charge in [-0.25, -0.2) is 0 Å². The zero-order valence-corrected chi connectivity index (χ0v) is 6.32. The van der Waals surface area contributed by atoms with E-state index in [2.05, 4.69) is 5.32 Å². The molecule has 0 radical (unpaired) electrons. The molecule has 2 nitrogen and oxygen atoms in total. The number of ether oxygens (including phenoxy) is 1. The van der Waals surface area contributed by atoms with Crippen LogP contribution in [0.2, 0.25) is 0 Å². The molecule has 0 unspecified atom stereocenters. The van der Waals surface area contributed by atoms with E-state index in [9.17, 15) is 0 Å². The van der Waals surface area contributed by atoms with E-state index < -0.39 is 0 Å². The summed E-state index contributed by atoms with van der Waals surface area (Å²) < 4.78 is 5.44. The first kappa shape index (κ1) is 7.32. The van der Waals surface area contributed by atoms with E-state index in [4.69, 9.17) is 16.3 Å². The van der Waals surface area contributed by atoms with Gasteiger partial charge in [-0.3, -0.25) is 0 Å². The Labute approximate surface area is 60.5 Å². The maximum atomic E-state index is 5.58. The van der Waals surface area contributed by atoms with Gasteiger partial charge in [0, 0.05) is 19.0 Å². The molecule has 2 atom stereocenters. The third kappa shape index (κ3) is 2.12. The molecule has 0 bridgehead atoms. The predicted octanol–water partition coefficient (Wildman–Crippen LogP) is 0.602. The summed E-state index contributed by atoms with van der Waals surface area (Å²) in [5.41, 5.74) is 0. The molecule has 3 heteroatoms. The molecule has 1 N–H and O–H groups in total. The van der Waals surface area contributed by atoms with Crippen LogP contribution in [0.25, 0.3) is 0 Å². The standard InChI is InChI=1S/C6H12ClNO/c1-5-3-8-4-6(2-7)9-5/h5-6,8H,2-4H2,1H3/t5-,6+/m1/s1. The number of morpholine rings is 1. The van der Waals surface area contributed by atoms with Crippen LogP contribution in [-0.2, 0) is 4.74 Å². The highest BCUT2D eigenvalue weighted by molar-refractivity contribution is 6.18. The highest BCUT2D eigenvalue weighted by atomic mass is 35.5. The van der Waals surface area contributed by atoms with Crippen molar-refractivity contribution in [1.29, 1.82) is 0 Å². The molecule has 1 aliphatic heterocycles. The lowest BCUT2D eigenvalue weighted by atomic mass is 10.3. The van der Waals surface area contributed by atoms with Gasteiger partial charge in [-0.1, -0.05) is 0 Å². The van der Waals surface area contributed by atoms with Gasteiger partial charge >= 0.3 is 0 Å². The summed E-state index contributed by atoms with van der Waals surface area (Å²) in [6.45, 7) is 3.90. The second kappa shape index (κ2) is 3.40. The van der Waals surface area contributed by atoms with Crippen molar-refractivity contribution in [2.45, 2.75) is 19.1 Å². The molecule has 1 fully saturated rings. The third-order valence-corrected chi connectivity index (χ3v) is 1.74. The SMILES string of the molecule is C[C@@H]1CNC[C@H](CCl)O1. The fourth-order valence-corrected chi connectivity index (χ4v) is 1.15. The van der Waals surface area contributed by atoms with Crippen LogP contribution in [0.3, 0.4) is 0 Å². The monoisotopic (exact) mass is 149 g/mol. The first-order valence-corrected chi connectivity index (χ1v) is 3.78. The summed E-state index contributed by atoms with van der Waals surface area (Å²) in [5, 5.41) is 3.23. The molecule has 1 saturated heterocycles. The number of hydrogen-bond donors (Lipinski definition) is 1. The molecule has 1 rings (SSSR count). The third-order valence-electron chi connectivity index (χ3n) is 1.40. The Bertz CT molecular complexity index is 89.1. The molecule has 0 aromatic heterocycles. The van der Waals surface area contributed by atoms with Crippen molar-refractivity contribution in [3.63, 3.8) is 0 Å². The zero-order valence-electron chi connectivity index (χ0n) is 5.56. The van der Waals surface area contributed by atoms with E-state index in [1.165, 1.54) is 0 Å². The van der Waals surface area contributed by atoms with Crippen LogP contribution in [0.15, 0.2) is 0 Å². The summed E-state index contributed by atoms with van der Waals surface area (Å²) in [7, 11) is 0. The van der Waals surface area contributed by atoms with Crippen LogP contribution in [0.1, 0.15) is 6.92 Å². The summed E-state index contributed by atoms with van der Waals surface area (Å²) in [6, 6.07) is 0. The van der Waals surface area contributed by atoms with Gasteiger partial charge in [0.15, 0.2) is 0 Å². The van der Waals surface area contributed by atoms with Crippen LogP contribution in [0.5, 0.6) is 0 Å². The lowest BCUT2D eigenvalue weighted by Crippen LogP contribution is -2.44. The number of nitrogens with one attached hydrogen (secondary N) is 1. The largest absolute Gasteiger partial charge is 0.371 e. The van der Waals surface area contributed by atoms with Crippen molar-refractivity contribution in [2.75, 3.05) is 19.0 Å². The summed E-state index contributed by atoms with van der Waals surface area (Å²) in [4.78, 5) is 0.